The van der Waals surface area contributed by atoms with E-state index in [2.05, 4.69) is 22.6 Å². The Hall–Kier alpha value is -2.09. The quantitative estimate of drug-likeness (QED) is 0.400. The summed E-state index contributed by atoms with van der Waals surface area (Å²) in [5, 5.41) is 0. The number of hydrogen-bond acceptors (Lipinski definition) is 4. The van der Waals surface area contributed by atoms with E-state index in [1.165, 1.54) is 4.90 Å². The van der Waals surface area contributed by atoms with E-state index in [1.54, 1.807) is 6.92 Å². The molecule has 3 rings (SSSR count). The van der Waals surface area contributed by atoms with Crippen LogP contribution in [0.4, 0.5) is 4.79 Å². The van der Waals surface area contributed by atoms with Crippen molar-refractivity contribution in [1.82, 2.24) is 4.90 Å². The number of benzene rings is 2. The number of esters is 1. The molecule has 0 unspecified atom stereocenters. The van der Waals surface area contributed by atoms with Gasteiger partial charge in [-0.2, -0.15) is 0 Å². The highest BCUT2D eigenvalue weighted by Gasteiger charge is 2.55. The molecule has 0 saturated carbocycles. The number of nitrogens with zero attached hydrogens (tertiary/aromatic N) is 1. The summed E-state index contributed by atoms with van der Waals surface area (Å²) in [5.74, 6) is -0.424. The second-order valence-electron chi connectivity index (χ2n) is 5.99. The molecule has 1 amide bonds. The van der Waals surface area contributed by atoms with Gasteiger partial charge in [-0.15, -0.1) is 0 Å². The zero-order valence-electron chi connectivity index (χ0n) is 13.7. The summed E-state index contributed by atoms with van der Waals surface area (Å²) < 4.78 is 11.4. The van der Waals surface area contributed by atoms with Crippen LogP contribution in [0.15, 0.2) is 60.7 Å². The Morgan fingerprint density at radius 1 is 1.16 bits per heavy atom. The summed E-state index contributed by atoms with van der Waals surface area (Å²) in [6, 6.07) is 18.6. The molecule has 0 radical (unpaired) electrons. The first kappa shape index (κ1) is 17.7. The molecule has 1 heterocycles. The zero-order valence-corrected chi connectivity index (χ0v) is 15.9. The first-order valence-corrected chi connectivity index (χ1v) is 9.41. The number of cyclic esters (lactones) is 1. The van der Waals surface area contributed by atoms with Crippen molar-refractivity contribution in [2.75, 3.05) is 4.43 Å². The summed E-state index contributed by atoms with van der Waals surface area (Å²) in [4.78, 5) is 26.6. The Morgan fingerprint density at radius 3 is 2.36 bits per heavy atom. The van der Waals surface area contributed by atoms with E-state index in [0.29, 0.717) is 4.43 Å². The van der Waals surface area contributed by atoms with Crippen LogP contribution in [0.2, 0.25) is 0 Å². The molecular weight excluding hydrogens is 433 g/mol. The van der Waals surface area contributed by atoms with Gasteiger partial charge in [-0.05, 0) is 12.5 Å². The van der Waals surface area contributed by atoms with Gasteiger partial charge >= 0.3 is 12.1 Å². The lowest BCUT2D eigenvalue weighted by Gasteiger charge is -2.31. The molecule has 0 N–H and O–H groups in total. The molecule has 0 spiro atoms. The van der Waals surface area contributed by atoms with Crippen molar-refractivity contribution in [2.45, 2.75) is 25.3 Å². The topological polar surface area (TPSA) is 55.8 Å². The van der Waals surface area contributed by atoms with Crippen molar-refractivity contribution in [2.24, 2.45) is 0 Å². The molecule has 6 heteroatoms. The van der Waals surface area contributed by atoms with Crippen LogP contribution in [0.5, 0.6) is 0 Å². The molecule has 2 aromatic rings. The van der Waals surface area contributed by atoms with Gasteiger partial charge in [0.05, 0.1) is 0 Å². The number of rotatable bonds is 4. The Kier molecular flexibility index (Phi) is 5.27. The van der Waals surface area contributed by atoms with E-state index in [-0.39, 0.29) is 6.61 Å². The zero-order chi connectivity index (χ0) is 17.9. The molecular formula is C19H18INO4. The van der Waals surface area contributed by atoms with Crippen LogP contribution in [-0.4, -0.2) is 26.9 Å². The van der Waals surface area contributed by atoms with Crippen molar-refractivity contribution >= 4 is 34.7 Å². The van der Waals surface area contributed by atoms with Gasteiger partial charge in [0.15, 0.2) is 5.54 Å². The highest BCUT2D eigenvalue weighted by Crippen LogP contribution is 2.39. The standard InChI is InChI=1S/C19H18INO4/c1-19(13-20)17(22)25-16(15-10-6-3-7-11-15)21(19)18(23)24-12-14-8-4-2-5-9-14/h2-11,16H,12-13H2,1H3/t16-,19+/m1/s1. The molecule has 130 valence electrons. The monoisotopic (exact) mass is 451 g/mol. The van der Waals surface area contributed by atoms with Crippen molar-refractivity contribution < 1.29 is 19.1 Å². The second-order valence-corrected chi connectivity index (χ2v) is 6.75. The van der Waals surface area contributed by atoms with Gasteiger partial charge in [0.1, 0.15) is 6.61 Å². The molecule has 1 aliphatic rings. The Bertz CT molecular complexity index is 753. The molecule has 1 fully saturated rings. The van der Waals surface area contributed by atoms with Gasteiger partial charge < -0.3 is 9.47 Å². The number of carbonyl (C=O) groups excluding carboxylic acids is 2. The molecule has 0 aromatic heterocycles. The number of halogens is 1. The molecule has 25 heavy (non-hydrogen) atoms. The molecule has 2 atom stereocenters. The third-order valence-corrected chi connectivity index (χ3v) is 5.66. The van der Waals surface area contributed by atoms with Crippen LogP contribution in [0.1, 0.15) is 24.3 Å². The van der Waals surface area contributed by atoms with Crippen molar-refractivity contribution in [3.8, 4) is 0 Å². The number of carbonyl (C=O) groups is 2. The maximum atomic E-state index is 12.8. The molecule has 1 aliphatic heterocycles. The fourth-order valence-electron chi connectivity index (χ4n) is 2.68. The Balaban J connectivity index is 1.85. The van der Waals surface area contributed by atoms with Crippen LogP contribution in [0.25, 0.3) is 0 Å². The van der Waals surface area contributed by atoms with Crippen LogP contribution in [0.3, 0.4) is 0 Å². The van der Waals surface area contributed by atoms with E-state index in [0.717, 1.165) is 11.1 Å². The predicted molar refractivity (Wildman–Crippen MR) is 101 cm³/mol. The van der Waals surface area contributed by atoms with Crippen LogP contribution in [-0.2, 0) is 20.9 Å². The van der Waals surface area contributed by atoms with Crippen molar-refractivity contribution in [3.63, 3.8) is 0 Å². The third-order valence-electron chi connectivity index (χ3n) is 4.17. The maximum Gasteiger partial charge on any atom is 0.414 e. The average Bonchev–Trinajstić information content (AvgIpc) is 2.93. The fourth-order valence-corrected chi connectivity index (χ4v) is 3.36. The van der Waals surface area contributed by atoms with Gasteiger partial charge in [-0.1, -0.05) is 83.3 Å². The lowest BCUT2D eigenvalue weighted by atomic mass is 10.0. The smallest absolute Gasteiger partial charge is 0.414 e. The molecule has 2 aromatic carbocycles. The van der Waals surface area contributed by atoms with E-state index in [1.807, 2.05) is 60.7 Å². The Labute approximate surface area is 160 Å². The normalized spacial score (nSPS) is 22.6. The summed E-state index contributed by atoms with van der Waals surface area (Å²) in [7, 11) is 0. The van der Waals surface area contributed by atoms with Crippen LogP contribution >= 0.6 is 22.6 Å². The Morgan fingerprint density at radius 2 is 1.76 bits per heavy atom. The maximum absolute atomic E-state index is 12.8. The largest absolute Gasteiger partial charge is 0.444 e. The number of hydrogen-bond donors (Lipinski definition) is 0. The van der Waals surface area contributed by atoms with Crippen molar-refractivity contribution in [3.05, 3.63) is 71.8 Å². The van der Waals surface area contributed by atoms with E-state index < -0.39 is 23.8 Å². The van der Waals surface area contributed by atoms with Crippen LogP contribution < -0.4 is 0 Å². The number of alkyl halides is 1. The lowest BCUT2D eigenvalue weighted by molar-refractivity contribution is -0.144. The number of ether oxygens (including phenoxy) is 2. The first-order valence-electron chi connectivity index (χ1n) is 7.88. The third kappa shape index (κ3) is 3.49. The molecule has 0 bridgehead atoms. The highest BCUT2D eigenvalue weighted by molar-refractivity contribution is 14.1. The lowest BCUT2D eigenvalue weighted by Crippen LogP contribution is -2.51. The van der Waals surface area contributed by atoms with Gasteiger partial charge in [0, 0.05) is 9.99 Å². The van der Waals surface area contributed by atoms with Crippen molar-refractivity contribution in [1.29, 1.82) is 0 Å². The molecule has 5 nitrogen and oxygen atoms in total. The van der Waals surface area contributed by atoms with E-state index in [4.69, 9.17) is 9.47 Å². The van der Waals surface area contributed by atoms with E-state index >= 15 is 0 Å². The minimum Gasteiger partial charge on any atom is -0.444 e. The summed E-state index contributed by atoms with van der Waals surface area (Å²) in [6.07, 6.45) is -1.35. The molecule has 1 saturated heterocycles. The summed E-state index contributed by atoms with van der Waals surface area (Å²) in [6.45, 7) is 1.84. The van der Waals surface area contributed by atoms with Gasteiger partial charge in [-0.25, -0.2) is 9.59 Å². The summed E-state index contributed by atoms with van der Waals surface area (Å²) in [5.41, 5.74) is 0.560. The van der Waals surface area contributed by atoms with Gasteiger partial charge in [0.2, 0.25) is 6.23 Å². The minimum absolute atomic E-state index is 0.142. The summed E-state index contributed by atoms with van der Waals surface area (Å²) >= 11 is 2.09. The average molecular weight is 451 g/mol. The predicted octanol–water partition coefficient (Wildman–Crippen LogP) is 4.07. The van der Waals surface area contributed by atoms with E-state index in [9.17, 15) is 9.59 Å². The molecule has 0 aliphatic carbocycles. The first-order chi connectivity index (χ1) is 12.1. The minimum atomic E-state index is -1.06. The number of amides is 1. The highest BCUT2D eigenvalue weighted by atomic mass is 127. The van der Waals surface area contributed by atoms with Crippen LogP contribution in [0, 0.1) is 0 Å². The van der Waals surface area contributed by atoms with Gasteiger partial charge in [-0.3, -0.25) is 4.90 Å². The fraction of sp³-hybridized carbons (Fsp3) is 0.263. The second kappa shape index (κ2) is 7.43. The van der Waals surface area contributed by atoms with Gasteiger partial charge in [0.25, 0.3) is 0 Å². The SMILES string of the molecule is C[C@]1(CI)C(=O)O[C@H](c2ccccc2)N1C(=O)OCc1ccccc1.